The number of carbonyl (C=O) groups is 2. The second-order valence-electron chi connectivity index (χ2n) is 6.21. The number of hydrogen-bond donors (Lipinski definition) is 1. The third-order valence-electron chi connectivity index (χ3n) is 4.28. The van der Waals surface area contributed by atoms with Crippen LogP contribution in [0.3, 0.4) is 0 Å². The Hall–Kier alpha value is -3.48. The highest BCUT2D eigenvalue weighted by Crippen LogP contribution is 2.13. The number of pyridine rings is 1. The smallest absolute Gasteiger partial charge is 0.328 e. The van der Waals surface area contributed by atoms with Crippen molar-refractivity contribution < 1.29 is 14.3 Å². The van der Waals surface area contributed by atoms with Crippen molar-refractivity contribution in [2.75, 3.05) is 6.61 Å². The Morgan fingerprint density at radius 1 is 1.14 bits per heavy atom. The monoisotopic (exact) mass is 378 g/mol. The molecule has 28 heavy (non-hydrogen) atoms. The number of amides is 1. The Morgan fingerprint density at radius 3 is 2.57 bits per heavy atom. The second kappa shape index (κ2) is 8.94. The molecule has 1 unspecified atom stereocenters. The normalized spacial score (nSPS) is 11.6. The minimum atomic E-state index is -0.785. The summed E-state index contributed by atoms with van der Waals surface area (Å²) in [6, 6.07) is 14.2. The van der Waals surface area contributed by atoms with Crippen LogP contribution < -0.4 is 5.32 Å². The number of carbonyl (C=O) groups excluding carboxylic acids is 2. The van der Waals surface area contributed by atoms with Crippen LogP contribution in [-0.4, -0.2) is 39.3 Å². The van der Waals surface area contributed by atoms with Crippen molar-refractivity contribution in [3.05, 3.63) is 77.7 Å². The van der Waals surface area contributed by atoms with Gasteiger partial charge in [0, 0.05) is 12.6 Å². The van der Waals surface area contributed by atoms with E-state index in [1.807, 2.05) is 42.5 Å². The highest BCUT2D eigenvalue weighted by molar-refractivity contribution is 5.97. The number of rotatable bonds is 7. The maximum absolute atomic E-state index is 12.8. The molecule has 0 fully saturated rings. The van der Waals surface area contributed by atoms with Crippen molar-refractivity contribution in [1.82, 2.24) is 20.1 Å². The Morgan fingerprint density at radius 2 is 1.89 bits per heavy atom. The van der Waals surface area contributed by atoms with E-state index in [-0.39, 0.29) is 12.5 Å². The lowest BCUT2D eigenvalue weighted by Crippen LogP contribution is -2.43. The molecule has 0 radical (unpaired) electrons. The molecule has 0 saturated heterocycles. The lowest BCUT2D eigenvalue weighted by Gasteiger charge is -2.17. The first-order valence-corrected chi connectivity index (χ1v) is 9.07. The van der Waals surface area contributed by atoms with Crippen LogP contribution >= 0.6 is 0 Å². The molecule has 1 atom stereocenters. The van der Waals surface area contributed by atoms with Crippen LogP contribution in [0.4, 0.5) is 0 Å². The van der Waals surface area contributed by atoms with Gasteiger partial charge < -0.3 is 10.1 Å². The number of nitrogens with one attached hydrogen (secondary N) is 1. The largest absolute Gasteiger partial charge is 0.464 e. The molecule has 1 N–H and O–H groups in total. The van der Waals surface area contributed by atoms with E-state index in [2.05, 4.69) is 15.4 Å². The molecule has 7 nitrogen and oxygen atoms in total. The fourth-order valence-electron chi connectivity index (χ4n) is 2.86. The van der Waals surface area contributed by atoms with Crippen molar-refractivity contribution in [2.45, 2.75) is 26.3 Å². The molecule has 0 saturated carbocycles. The Balaban J connectivity index is 1.80. The van der Waals surface area contributed by atoms with Crippen molar-refractivity contribution >= 4 is 11.9 Å². The van der Waals surface area contributed by atoms with E-state index in [0.717, 1.165) is 5.56 Å². The second-order valence-corrected chi connectivity index (χ2v) is 6.21. The molecule has 1 amide bonds. The fourth-order valence-corrected chi connectivity index (χ4v) is 2.86. The van der Waals surface area contributed by atoms with Crippen LogP contribution in [0.5, 0.6) is 0 Å². The van der Waals surface area contributed by atoms with Gasteiger partial charge in [-0.3, -0.25) is 4.79 Å². The highest BCUT2D eigenvalue weighted by Gasteiger charge is 2.25. The summed E-state index contributed by atoms with van der Waals surface area (Å²) in [6.07, 6.45) is 3.48. The topological polar surface area (TPSA) is 86.1 Å². The summed E-state index contributed by atoms with van der Waals surface area (Å²) in [6.45, 7) is 3.77. The lowest BCUT2D eigenvalue weighted by atomic mass is 10.1. The minimum Gasteiger partial charge on any atom is -0.464 e. The summed E-state index contributed by atoms with van der Waals surface area (Å²) in [7, 11) is 0. The molecule has 2 heterocycles. The molecule has 144 valence electrons. The first-order valence-electron chi connectivity index (χ1n) is 9.07. The van der Waals surface area contributed by atoms with Crippen LogP contribution in [-0.2, 0) is 16.0 Å². The Kier molecular flexibility index (Phi) is 6.16. The summed E-state index contributed by atoms with van der Waals surface area (Å²) in [5.41, 5.74) is 1.95. The van der Waals surface area contributed by atoms with E-state index in [1.165, 1.54) is 6.20 Å². The van der Waals surface area contributed by atoms with Gasteiger partial charge in [0.25, 0.3) is 5.91 Å². The zero-order valence-electron chi connectivity index (χ0n) is 15.8. The number of ether oxygens (including phenoxy) is 1. The van der Waals surface area contributed by atoms with Crippen LogP contribution in [0.2, 0.25) is 0 Å². The van der Waals surface area contributed by atoms with E-state index in [0.29, 0.717) is 23.5 Å². The minimum absolute atomic E-state index is 0.247. The van der Waals surface area contributed by atoms with Gasteiger partial charge in [-0.05, 0) is 31.5 Å². The molecule has 7 heteroatoms. The number of hydrogen-bond acceptors (Lipinski definition) is 5. The van der Waals surface area contributed by atoms with Crippen molar-refractivity contribution in [3.63, 3.8) is 0 Å². The maximum Gasteiger partial charge on any atom is 0.328 e. The summed E-state index contributed by atoms with van der Waals surface area (Å²) >= 11 is 0. The van der Waals surface area contributed by atoms with E-state index < -0.39 is 12.0 Å². The Labute approximate surface area is 163 Å². The van der Waals surface area contributed by atoms with Crippen molar-refractivity contribution in [1.29, 1.82) is 0 Å². The highest BCUT2D eigenvalue weighted by atomic mass is 16.5. The molecule has 3 aromatic rings. The predicted octanol–water partition coefficient (Wildman–Crippen LogP) is 2.48. The SMILES string of the molecule is CCOC(=O)C(Cc1ccccc1)NC(=O)c1cnn(-c2ccccn2)c1C. The first kappa shape index (κ1) is 19.3. The molecule has 1 aromatic carbocycles. The lowest BCUT2D eigenvalue weighted by molar-refractivity contribution is -0.145. The molecule has 3 rings (SSSR count). The molecule has 0 aliphatic rings. The standard InChI is InChI=1S/C21H22N4O3/c1-3-28-21(27)18(13-16-9-5-4-6-10-16)24-20(26)17-14-23-25(15(17)2)19-11-7-8-12-22-19/h4-12,14,18H,3,13H2,1-2H3,(H,24,26). The molecular weight excluding hydrogens is 356 g/mol. The van der Waals surface area contributed by atoms with Gasteiger partial charge in [0.05, 0.1) is 24.1 Å². The van der Waals surface area contributed by atoms with Gasteiger partial charge in [-0.25, -0.2) is 14.5 Å². The average molecular weight is 378 g/mol. The van der Waals surface area contributed by atoms with E-state index in [1.54, 1.807) is 30.8 Å². The number of nitrogens with zero attached hydrogens (tertiary/aromatic N) is 3. The summed E-state index contributed by atoms with van der Waals surface area (Å²) in [5, 5.41) is 7.04. The van der Waals surface area contributed by atoms with Crippen LogP contribution in [0.15, 0.2) is 60.9 Å². The Bertz CT molecular complexity index is 939. The van der Waals surface area contributed by atoms with Crippen molar-refractivity contribution in [3.8, 4) is 5.82 Å². The van der Waals surface area contributed by atoms with E-state index in [4.69, 9.17) is 4.74 Å². The first-order chi connectivity index (χ1) is 13.6. The maximum atomic E-state index is 12.8. The third kappa shape index (κ3) is 4.43. The predicted molar refractivity (Wildman–Crippen MR) is 104 cm³/mol. The van der Waals surface area contributed by atoms with E-state index >= 15 is 0 Å². The van der Waals surface area contributed by atoms with Crippen LogP contribution in [0.25, 0.3) is 5.82 Å². The average Bonchev–Trinajstić information content (AvgIpc) is 3.10. The van der Waals surface area contributed by atoms with E-state index in [9.17, 15) is 9.59 Å². The third-order valence-corrected chi connectivity index (χ3v) is 4.28. The van der Waals surface area contributed by atoms with Gasteiger partial charge in [0.15, 0.2) is 5.82 Å². The van der Waals surface area contributed by atoms with Gasteiger partial charge in [-0.1, -0.05) is 36.4 Å². The van der Waals surface area contributed by atoms with Gasteiger partial charge >= 0.3 is 5.97 Å². The summed E-state index contributed by atoms with van der Waals surface area (Å²) in [5.74, 6) is -0.228. The molecular formula is C21H22N4O3. The molecule has 0 bridgehead atoms. The zero-order valence-corrected chi connectivity index (χ0v) is 15.8. The summed E-state index contributed by atoms with van der Waals surface area (Å²) < 4.78 is 6.72. The molecule has 0 aliphatic carbocycles. The van der Waals surface area contributed by atoms with Crippen molar-refractivity contribution in [2.24, 2.45) is 0 Å². The van der Waals surface area contributed by atoms with Gasteiger partial charge in [0.2, 0.25) is 0 Å². The number of esters is 1. The molecule has 0 spiro atoms. The molecule has 2 aromatic heterocycles. The number of aromatic nitrogens is 3. The zero-order chi connectivity index (χ0) is 19.9. The van der Waals surface area contributed by atoms with Crippen LogP contribution in [0.1, 0.15) is 28.5 Å². The van der Waals surface area contributed by atoms with Gasteiger partial charge in [-0.15, -0.1) is 0 Å². The fraction of sp³-hybridized carbons (Fsp3) is 0.238. The van der Waals surface area contributed by atoms with Gasteiger partial charge in [-0.2, -0.15) is 5.10 Å². The quantitative estimate of drug-likeness (QED) is 0.639. The summed E-state index contributed by atoms with van der Waals surface area (Å²) in [4.78, 5) is 29.4. The van der Waals surface area contributed by atoms with Gasteiger partial charge in [0.1, 0.15) is 6.04 Å². The number of benzene rings is 1. The van der Waals surface area contributed by atoms with Crippen LogP contribution in [0, 0.1) is 6.92 Å². The molecule has 0 aliphatic heterocycles.